The summed E-state index contributed by atoms with van der Waals surface area (Å²) in [4.78, 5) is 0. The third-order valence-electron chi connectivity index (χ3n) is 21.9. The van der Waals surface area contributed by atoms with E-state index in [4.69, 9.17) is 47.4 Å². The van der Waals surface area contributed by atoms with Gasteiger partial charge in [0, 0.05) is 118 Å². The van der Waals surface area contributed by atoms with Gasteiger partial charge in [0.2, 0.25) is 0 Å². The van der Waals surface area contributed by atoms with Crippen LogP contribution >= 0.6 is 0 Å². The van der Waals surface area contributed by atoms with Crippen LogP contribution in [0.2, 0.25) is 0 Å². The van der Waals surface area contributed by atoms with Crippen molar-refractivity contribution >= 4 is 108 Å². The molecule has 2 N–H and O–H groups in total. The van der Waals surface area contributed by atoms with Gasteiger partial charge in [-0.3, -0.25) is 0 Å². The third-order valence-corrected chi connectivity index (χ3v) is 21.9. The van der Waals surface area contributed by atoms with Crippen molar-refractivity contribution in [3.05, 3.63) is 325 Å². The Kier molecular flexibility index (Phi) is 32.1. The highest BCUT2D eigenvalue weighted by molar-refractivity contribution is 5.86. The van der Waals surface area contributed by atoms with Gasteiger partial charge in [-0.05, 0) is 187 Å². The van der Waals surface area contributed by atoms with E-state index in [-0.39, 0.29) is 58.9 Å². The van der Waals surface area contributed by atoms with Gasteiger partial charge in [-0.1, -0.05) is 246 Å². The maximum Gasteiger partial charge on any atom is 0.150 e. The Bertz CT molecular complexity index is 6100. The molecule has 0 saturated carbocycles. The van der Waals surface area contributed by atoms with Gasteiger partial charge in [0.05, 0.1) is 135 Å². The zero-order valence-corrected chi connectivity index (χ0v) is 82.1. The van der Waals surface area contributed by atoms with E-state index in [2.05, 4.69) is 319 Å². The number of ether oxygens (including phenoxy) is 10. The molecule has 0 saturated heterocycles. The van der Waals surface area contributed by atoms with Crippen LogP contribution < -0.4 is 47.4 Å². The van der Waals surface area contributed by atoms with E-state index >= 15 is 0 Å². The van der Waals surface area contributed by atoms with E-state index in [9.17, 15) is 10.2 Å². The molecule has 0 spiro atoms. The highest BCUT2D eigenvalue weighted by Crippen LogP contribution is 2.39. The predicted molar refractivity (Wildman–Crippen MR) is 540 cm³/mol. The molecule has 0 amide bonds. The van der Waals surface area contributed by atoms with Crippen LogP contribution in [-0.4, -0.2) is 93.5 Å². The summed E-state index contributed by atoms with van der Waals surface area (Å²) in [6.45, 7) is 38.8. The number of aliphatic hydroxyl groups is 2. The quantitative estimate of drug-likeness (QED) is 0.0893. The lowest BCUT2D eigenvalue weighted by molar-refractivity contribution is 0.235. The molecule has 20 rings (SSSR count). The van der Waals surface area contributed by atoms with E-state index < -0.39 is 0 Å². The Morgan fingerprint density at radius 3 is 0.493 bits per heavy atom. The summed E-state index contributed by atoms with van der Waals surface area (Å²) in [5, 5.41) is 32.8. The first-order valence-electron chi connectivity index (χ1n) is 44.4. The zero-order chi connectivity index (χ0) is 97.0. The lowest BCUT2D eigenvalue weighted by Crippen LogP contribution is -2.11. The number of methoxy groups -OCH3 is 8. The van der Waals surface area contributed by atoms with Crippen LogP contribution in [0.4, 0.5) is 0 Å². The monoisotopic (exact) mass is 1770 g/mol. The van der Waals surface area contributed by atoms with Gasteiger partial charge in [-0.2, -0.15) is 0 Å². The molecule has 20 aromatic carbocycles. The molecule has 0 aliphatic heterocycles. The number of hydrogen-bond donors (Lipinski definition) is 2. The first kappa shape index (κ1) is 99.4. The van der Waals surface area contributed by atoms with Gasteiger partial charge < -0.3 is 57.6 Å². The smallest absolute Gasteiger partial charge is 0.150 e. The minimum absolute atomic E-state index is 0.0856. The van der Waals surface area contributed by atoms with Crippen LogP contribution in [-0.2, 0) is 32.5 Å². The van der Waals surface area contributed by atoms with Gasteiger partial charge in [0.25, 0.3) is 0 Å². The number of rotatable bonds is 16. The molecule has 0 atom stereocenters. The maximum atomic E-state index is 10.0. The predicted octanol–water partition coefficient (Wildman–Crippen LogP) is 26.5. The standard InChI is InChI=1S/C122H116O12/c1-117(2,3)101-61-81-33-27-28-34-82-58-86(66-102(62-82)118(4,5)6)38-42-90-74-112(130-24)94(78-108(90)126-20)47-51-99-71-106(122(16,17)18)72-100(116(99)134-56-32-54-124)52-48-96-80-110(128-22)92(76-114(96)132-26)44-40-88-60-84(64-104(68-88)120(10,11)12)36-30-29-35-83-59-87(67-103(63-83)119(7,8)9)39-43-91-75-113(131-25)95(79-109(91)127-21)46-50-98-70-105(121(13,14)15)69-97(115(98)133-55-31-53-123)49-45-93-77-107(125-19)89(73-111(93)129-23)41-37-85(57-81)65-101/h57-80,123-124H,31-32,53-56H2,1-26H3. The van der Waals surface area contributed by atoms with Gasteiger partial charge in [-0.15, -0.1) is 0 Å². The van der Waals surface area contributed by atoms with E-state index in [0.29, 0.717) is 135 Å². The van der Waals surface area contributed by atoms with E-state index in [1.807, 2.05) is 97.1 Å². The van der Waals surface area contributed by atoms with Crippen LogP contribution in [0.1, 0.15) is 171 Å². The summed E-state index contributed by atoms with van der Waals surface area (Å²) in [6.07, 6.45) is 0.731. The second-order valence-corrected chi connectivity index (χ2v) is 38.4. The molecule has 0 fully saturated rings. The van der Waals surface area contributed by atoms with Crippen molar-refractivity contribution in [3.8, 4) is 57.5 Å². The molecule has 12 nitrogen and oxygen atoms in total. The largest absolute Gasteiger partial charge is 0.495 e. The Morgan fingerprint density at radius 2 is 0.336 bits per heavy atom. The molecular formula is C122H116O12. The van der Waals surface area contributed by atoms with Crippen LogP contribution in [0.5, 0.6) is 57.5 Å². The van der Waals surface area contributed by atoms with Crippen molar-refractivity contribution in [2.75, 3.05) is 83.3 Å². The fourth-order valence-electron chi connectivity index (χ4n) is 14.0. The molecule has 0 unspecified atom stereocenters. The Hall–Kier alpha value is -15.2. The summed E-state index contributed by atoms with van der Waals surface area (Å²) < 4.78 is 61.7. The SMILES string of the molecule is COc1cc2c#cc3cc(C(C)(C)C)cc(c#cc4cc(OC)c(c#cc5cc(C(C)(C)C)cc(c#cc#cc6cc(C(C)(C)C)cc(c#cc7cc(OC)c(c#cc8cc(C(C)(C)C)cc(c#cc9cc(OC)c(c#cc%10cc(C(C)(C)C)cc(c#cc#cc%11cc(C(C)(C)C)cc(c#cc1cc2OC)c%11)c%10)cc9OC)c8OCCCO)cc7OC)c6)c5)cc4OC)c3OCCCO. The average molecular weight is 1770 g/mol. The van der Waals surface area contributed by atoms with Gasteiger partial charge in [-0.25, -0.2) is 0 Å². The molecule has 20 aromatic rings. The van der Waals surface area contributed by atoms with Crippen molar-refractivity contribution < 1.29 is 57.6 Å². The Labute approximate surface area is 795 Å². The Morgan fingerprint density at radius 1 is 0.187 bits per heavy atom. The third kappa shape index (κ3) is 26.2. The molecule has 0 aliphatic rings. The average Bonchev–Trinajstić information content (AvgIpc) is 0.789. The van der Waals surface area contributed by atoms with Crippen molar-refractivity contribution in [2.45, 2.75) is 170 Å². The molecule has 20 bridgehead atoms. The lowest BCUT2D eigenvalue weighted by atomic mass is 9.86. The Balaban J connectivity index is 1.15. The second kappa shape index (κ2) is 43.3. The zero-order valence-electron chi connectivity index (χ0n) is 82.1. The van der Waals surface area contributed by atoms with Gasteiger partial charge >= 0.3 is 0 Å². The van der Waals surface area contributed by atoms with E-state index in [1.165, 1.54) is 0 Å². The summed E-state index contributed by atoms with van der Waals surface area (Å²) in [7, 11) is 12.8. The first-order valence-corrected chi connectivity index (χ1v) is 44.4. The van der Waals surface area contributed by atoms with Crippen LogP contribution in [0.15, 0.2) is 146 Å². The second-order valence-electron chi connectivity index (χ2n) is 38.4. The first-order chi connectivity index (χ1) is 63.6. The van der Waals surface area contributed by atoms with Gasteiger partial charge in [0.15, 0.2) is 11.5 Å². The normalized spacial score (nSPS) is 10.9. The van der Waals surface area contributed by atoms with E-state index in [1.54, 1.807) is 56.9 Å². The summed E-state index contributed by atoms with van der Waals surface area (Å²) in [6, 6.07) is 128. The molecule has 0 aromatic heterocycles. The molecule has 12 heteroatoms. The number of benzene rings is 10. The van der Waals surface area contributed by atoms with E-state index in [0.717, 1.165) is 76.5 Å². The highest BCUT2D eigenvalue weighted by Gasteiger charge is 2.22. The van der Waals surface area contributed by atoms with Crippen molar-refractivity contribution in [1.29, 1.82) is 0 Å². The lowest BCUT2D eigenvalue weighted by Gasteiger charge is -2.20. The van der Waals surface area contributed by atoms with Gasteiger partial charge in [0.1, 0.15) is 46.0 Å². The summed E-state index contributed by atoms with van der Waals surface area (Å²) in [5.74, 6) is 4.71. The minimum Gasteiger partial charge on any atom is -0.495 e. The number of hydrogen-bond acceptors (Lipinski definition) is 12. The molecule has 676 valence electrons. The van der Waals surface area contributed by atoms with Crippen LogP contribution in [0.25, 0.3) is 108 Å². The summed E-state index contributed by atoms with van der Waals surface area (Å²) >= 11 is 0. The molecule has 0 aliphatic carbocycles. The van der Waals surface area contributed by atoms with Crippen LogP contribution in [0, 0.1) is 146 Å². The number of aliphatic hydroxyl groups excluding tert-OH is 2. The van der Waals surface area contributed by atoms with Crippen molar-refractivity contribution in [1.82, 2.24) is 0 Å². The van der Waals surface area contributed by atoms with Crippen molar-refractivity contribution in [2.24, 2.45) is 0 Å². The molecular weight excluding hydrogens is 1660 g/mol. The topological polar surface area (TPSA) is 133 Å². The van der Waals surface area contributed by atoms with Crippen molar-refractivity contribution in [3.63, 3.8) is 0 Å². The summed E-state index contributed by atoms with van der Waals surface area (Å²) in [5.41, 5.74) is 4.31. The fourth-order valence-corrected chi connectivity index (χ4v) is 14.0. The maximum absolute atomic E-state index is 10.0. The molecule has 0 heterocycles. The molecule has 0 radical (unpaired) electrons. The highest BCUT2D eigenvalue weighted by atomic mass is 16.5. The minimum atomic E-state index is -0.356. The van der Waals surface area contributed by atoms with Crippen LogP contribution in [0.3, 0.4) is 0 Å². The fraction of sp³-hybridized carbons (Fsp3) is 0.311. The molecule has 134 heavy (non-hydrogen) atoms.